The topological polar surface area (TPSA) is 97.8 Å². The minimum Gasteiger partial charge on any atom is -0.508 e. The molecule has 1 aromatic heterocycles. The van der Waals surface area contributed by atoms with Crippen LogP contribution in [-0.4, -0.2) is 35.2 Å². The number of hydrogen-bond acceptors (Lipinski definition) is 7. The first-order valence-electron chi connectivity index (χ1n) is 7.84. The first-order valence-corrected chi connectivity index (χ1v) is 8.66. The van der Waals surface area contributed by atoms with Crippen molar-refractivity contribution in [2.75, 3.05) is 18.5 Å². The highest BCUT2D eigenvalue weighted by Gasteiger charge is 2.13. The van der Waals surface area contributed by atoms with E-state index in [0.29, 0.717) is 11.7 Å². The zero-order valence-corrected chi connectivity index (χ0v) is 14.7. The Kier molecular flexibility index (Phi) is 5.33. The maximum atomic E-state index is 12.0. The zero-order chi connectivity index (χ0) is 18.5. The Bertz CT molecular complexity index is 954. The van der Waals surface area contributed by atoms with Gasteiger partial charge in [0.05, 0.1) is 22.4 Å². The van der Waals surface area contributed by atoms with E-state index < -0.39 is 18.5 Å². The van der Waals surface area contributed by atoms with Crippen LogP contribution in [0.25, 0.3) is 10.2 Å². The fourth-order valence-electron chi connectivity index (χ4n) is 2.22. The number of anilines is 1. The van der Waals surface area contributed by atoms with Crippen LogP contribution in [0, 0.1) is 0 Å². The SMILES string of the molecule is CCOc1ccc2nc(NC(=O)COC(=O)c3cccc(O)c3)sc2c1. The van der Waals surface area contributed by atoms with Gasteiger partial charge in [0.2, 0.25) is 0 Å². The van der Waals surface area contributed by atoms with E-state index in [1.54, 1.807) is 0 Å². The number of esters is 1. The molecular weight excluding hydrogens is 356 g/mol. The van der Waals surface area contributed by atoms with Crippen LogP contribution in [0.2, 0.25) is 0 Å². The molecule has 1 heterocycles. The van der Waals surface area contributed by atoms with E-state index in [1.807, 2.05) is 25.1 Å². The van der Waals surface area contributed by atoms with Gasteiger partial charge < -0.3 is 14.6 Å². The smallest absolute Gasteiger partial charge is 0.338 e. The van der Waals surface area contributed by atoms with Crippen LogP contribution in [0.15, 0.2) is 42.5 Å². The third-order valence-corrected chi connectivity index (χ3v) is 4.27. The normalized spacial score (nSPS) is 10.5. The van der Waals surface area contributed by atoms with Gasteiger partial charge in [-0.25, -0.2) is 9.78 Å². The lowest BCUT2D eigenvalue weighted by Crippen LogP contribution is -2.20. The quantitative estimate of drug-likeness (QED) is 0.645. The molecule has 0 spiro atoms. The summed E-state index contributed by atoms with van der Waals surface area (Å²) in [5.41, 5.74) is 0.909. The number of thiazole rings is 1. The summed E-state index contributed by atoms with van der Waals surface area (Å²) in [7, 11) is 0. The second kappa shape index (κ2) is 7.83. The number of benzene rings is 2. The zero-order valence-electron chi connectivity index (χ0n) is 13.9. The van der Waals surface area contributed by atoms with E-state index in [1.165, 1.54) is 35.6 Å². The summed E-state index contributed by atoms with van der Waals surface area (Å²) in [5.74, 6) is -0.504. The maximum Gasteiger partial charge on any atom is 0.338 e. The van der Waals surface area contributed by atoms with Crippen molar-refractivity contribution in [1.82, 2.24) is 4.98 Å². The van der Waals surface area contributed by atoms with Crippen LogP contribution in [0.1, 0.15) is 17.3 Å². The van der Waals surface area contributed by atoms with Gasteiger partial charge in [-0.05, 0) is 43.3 Å². The first-order chi connectivity index (χ1) is 12.5. The summed E-state index contributed by atoms with van der Waals surface area (Å²) < 4.78 is 11.3. The van der Waals surface area contributed by atoms with Crippen LogP contribution in [0.3, 0.4) is 0 Å². The fraction of sp³-hybridized carbons (Fsp3) is 0.167. The lowest BCUT2D eigenvalue weighted by molar-refractivity contribution is -0.119. The molecule has 8 heteroatoms. The third-order valence-electron chi connectivity index (χ3n) is 3.33. The average Bonchev–Trinajstić information content (AvgIpc) is 3.01. The van der Waals surface area contributed by atoms with Gasteiger partial charge in [-0.1, -0.05) is 17.4 Å². The molecule has 2 N–H and O–H groups in total. The second-order valence-electron chi connectivity index (χ2n) is 5.26. The van der Waals surface area contributed by atoms with E-state index >= 15 is 0 Å². The molecule has 26 heavy (non-hydrogen) atoms. The Morgan fingerprint density at radius 3 is 2.85 bits per heavy atom. The van der Waals surface area contributed by atoms with Crippen molar-refractivity contribution in [3.63, 3.8) is 0 Å². The minimum absolute atomic E-state index is 0.0511. The predicted octanol–water partition coefficient (Wildman–Crippen LogP) is 3.20. The van der Waals surface area contributed by atoms with Crippen molar-refractivity contribution >= 4 is 38.6 Å². The molecule has 2 aromatic carbocycles. The third kappa shape index (κ3) is 4.28. The standard InChI is InChI=1S/C18H16N2O5S/c1-2-24-13-6-7-14-15(9-13)26-18(19-14)20-16(22)10-25-17(23)11-4-3-5-12(21)8-11/h3-9,21H,2,10H2,1H3,(H,19,20,22). The van der Waals surface area contributed by atoms with E-state index in [-0.39, 0.29) is 11.3 Å². The molecule has 0 saturated carbocycles. The minimum atomic E-state index is -0.693. The number of ether oxygens (including phenoxy) is 2. The summed E-state index contributed by atoms with van der Waals surface area (Å²) in [6.45, 7) is 2.02. The number of nitrogens with one attached hydrogen (secondary N) is 1. The number of phenolic OH excluding ortho intramolecular Hbond substituents is 1. The van der Waals surface area contributed by atoms with Crippen molar-refractivity contribution in [2.45, 2.75) is 6.92 Å². The summed E-state index contributed by atoms with van der Waals surface area (Å²) in [6.07, 6.45) is 0. The highest BCUT2D eigenvalue weighted by molar-refractivity contribution is 7.22. The van der Waals surface area contributed by atoms with Crippen molar-refractivity contribution in [3.05, 3.63) is 48.0 Å². The molecule has 0 atom stereocenters. The number of nitrogens with zero attached hydrogens (tertiary/aromatic N) is 1. The number of rotatable bonds is 6. The first kappa shape index (κ1) is 17.7. The summed E-state index contributed by atoms with van der Waals surface area (Å²) in [6, 6.07) is 11.2. The lowest BCUT2D eigenvalue weighted by atomic mass is 10.2. The molecule has 0 aliphatic rings. The Labute approximate surface area is 153 Å². The Balaban J connectivity index is 1.59. The van der Waals surface area contributed by atoms with Gasteiger partial charge in [-0.2, -0.15) is 0 Å². The van der Waals surface area contributed by atoms with Gasteiger partial charge in [0.1, 0.15) is 11.5 Å². The molecule has 1 amide bonds. The number of carbonyl (C=O) groups is 2. The monoisotopic (exact) mass is 372 g/mol. The van der Waals surface area contributed by atoms with Crippen molar-refractivity contribution in [1.29, 1.82) is 0 Å². The number of phenols is 1. The predicted molar refractivity (Wildman–Crippen MR) is 97.8 cm³/mol. The molecule has 134 valence electrons. The molecule has 0 unspecified atom stereocenters. The number of aromatic hydroxyl groups is 1. The molecule has 7 nitrogen and oxygen atoms in total. The maximum absolute atomic E-state index is 12.0. The second-order valence-corrected chi connectivity index (χ2v) is 6.29. The Morgan fingerprint density at radius 2 is 2.08 bits per heavy atom. The molecule has 0 fully saturated rings. The molecule has 3 rings (SSSR count). The average molecular weight is 372 g/mol. The number of aromatic nitrogens is 1. The Morgan fingerprint density at radius 1 is 1.23 bits per heavy atom. The van der Waals surface area contributed by atoms with Crippen LogP contribution < -0.4 is 10.1 Å². The number of carbonyl (C=O) groups excluding carboxylic acids is 2. The van der Waals surface area contributed by atoms with Crippen molar-refractivity contribution < 1.29 is 24.2 Å². The largest absolute Gasteiger partial charge is 0.508 e. The highest BCUT2D eigenvalue weighted by Crippen LogP contribution is 2.29. The fourth-order valence-corrected chi connectivity index (χ4v) is 3.13. The summed E-state index contributed by atoms with van der Waals surface area (Å²) in [4.78, 5) is 28.1. The molecule has 0 aliphatic carbocycles. The molecule has 0 bridgehead atoms. The van der Waals surface area contributed by atoms with Crippen LogP contribution in [0.5, 0.6) is 11.5 Å². The van der Waals surface area contributed by atoms with Gasteiger partial charge in [-0.15, -0.1) is 0 Å². The van der Waals surface area contributed by atoms with Gasteiger partial charge >= 0.3 is 5.97 Å². The van der Waals surface area contributed by atoms with Crippen LogP contribution in [-0.2, 0) is 9.53 Å². The number of hydrogen-bond donors (Lipinski definition) is 2. The highest BCUT2D eigenvalue weighted by atomic mass is 32.1. The van der Waals surface area contributed by atoms with Crippen LogP contribution in [0.4, 0.5) is 5.13 Å². The van der Waals surface area contributed by atoms with E-state index in [4.69, 9.17) is 9.47 Å². The van der Waals surface area contributed by atoms with E-state index in [0.717, 1.165) is 16.0 Å². The van der Waals surface area contributed by atoms with E-state index in [9.17, 15) is 14.7 Å². The van der Waals surface area contributed by atoms with E-state index in [2.05, 4.69) is 10.3 Å². The van der Waals surface area contributed by atoms with Gasteiger partial charge in [0.25, 0.3) is 5.91 Å². The molecule has 0 aliphatic heterocycles. The van der Waals surface area contributed by atoms with Gasteiger partial charge in [-0.3, -0.25) is 10.1 Å². The number of amides is 1. The Hall–Kier alpha value is -3.13. The van der Waals surface area contributed by atoms with Crippen molar-refractivity contribution in [3.8, 4) is 11.5 Å². The molecule has 0 saturated heterocycles. The van der Waals surface area contributed by atoms with Gasteiger partial charge in [0.15, 0.2) is 11.7 Å². The van der Waals surface area contributed by atoms with Crippen molar-refractivity contribution in [2.24, 2.45) is 0 Å². The van der Waals surface area contributed by atoms with Crippen LogP contribution >= 0.6 is 11.3 Å². The summed E-state index contributed by atoms with van der Waals surface area (Å²) >= 11 is 1.30. The summed E-state index contributed by atoms with van der Waals surface area (Å²) in [5, 5.41) is 12.4. The molecule has 0 radical (unpaired) electrons. The number of fused-ring (bicyclic) bond motifs is 1. The molecular formula is C18H16N2O5S. The molecule has 3 aromatic rings. The van der Waals surface area contributed by atoms with Gasteiger partial charge in [0, 0.05) is 0 Å². The lowest BCUT2D eigenvalue weighted by Gasteiger charge is -2.04.